The third-order valence-electron chi connectivity index (χ3n) is 5.73. The lowest BCUT2D eigenvalue weighted by atomic mass is 10.0. The molecule has 1 aliphatic heterocycles. The van der Waals surface area contributed by atoms with E-state index in [1.807, 2.05) is 24.3 Å². The first-order chi connectivity index (χ1) is 15.9. The minimum Gasteiger partial charge on any atom is -0.497 e. The predicted molar refractivity (Wildman–Crippen MR) is 116 cm³/mol. The van der Waals surface area contributed by atoms with E-state index in [4.69, 9.17) is 4.74 Å². The van der Waals surface area contributed by atoms with Gasteiger partial charge in [0.2, 0.25) is 0 Å². The molecule has 0 fully saturated rings. The van der Waals surface area contributed by atoms with Crippen LogP contribution < -0.4 is 9.64 Å². The SMILES string of the molecule is COc1ccc(CN2C(=O)c3cccc4c(-n5ncc(C(=O)O)c5C(F)F)ccc2c34)cc1. The number of alkyl halides is 2. The summed E-state index contributed by atoms with van der Waals surface area (Å²) in [5.74, 6) is -0.982. The van der Waals surface area contributed by atoms with Gasteiger partial charge in [-0.05, 0) is 35.9 Å². The molecule has 1 amide bonds. The maximum absolute atomic E-state index is 13.8. The highest BCUT2D eigenvalue weighted by Gasteiger charge is 2.32. The molecule has 1 N–H and O–H groups in total. The number of carbonyl (C=O) groups is 2. The Morgan fingerprint density at radius 1 is 1.09 bits per heavy atom. The van der Waals surface area contributed by atoms with Gasteiger partial charge in [0, 0.05) is 16.3 Å². The van der Waals surface area contributed by atoms with Gasteiger partial charge in [-0.25, -0.2) is 18.3 Å². The van der Waals surface area contributed by atoms with Gasteiger partial charge in [-0.3, -0.25) is 4.79 Å². The van der Waals surface area contributed by atoms with Crippen LogP contribution in [0.5, 0.6) is 5.75 Å². The Balaban J connectivity index is 1.64. The second-order valence-electron chi connectivity index (χ2n) is 7.53. The molecule has 166 valence electrons. The maximum Gasteiger partial charge on any atom is 0.339 e. The third kappa shape index (κ3) is 3.20. The summed E-state index contributed by atoms with van der Waals surface area (Å²) >= 11 is 0. The highest BCUT2D eigenvalue weighted by Crippen LogP contribution is 2.41. The lowest BCUT2D eigenvalue weighted by molar-refractivity contribution is 0.0683. The number of anilines is 1. The maximum atomic E-state index is 13.8. The fourth-order valence-corrected chi connectivity index (χ4v) is 4.21. The van der Waals surface area contributed by atoms with E-state index in [0.29, 0.717) is 34.3 Å². The van der Waals surface area contributed by atoms with Gasteiger partial charge in [-0.15, -0.1) is 0 Å². The number of methoxy groups -OCH3 is 1. The Hall–Kier alpha value is -4.27. The van der Waals surface area contributed by atoms with Crippen LogP contribution >= 0.6 is 0 Å². The lowest BCUT2D eigenvalue weighted by Gasteiger charge is -2.19. The molecule has 1 aliphatic rings. The van der Waals surface area contributed by atoms with Gasteiger partial charge < -0.3 is 14.7 Å². The van der Waals surface area contributed by atoms with Gasteiger partial charge in [-0.1, -0.05) is 24.3 Å². The normalized spacial score (nSPS) is 12.7. The molecule has 0 saturated heterocycles. The average Bonchev–Trinajstić information content (AvgIpc) is 3.37. The summed E-state index contributed by atoms with van der Waals surface area (Å²) in [5.41, 5.74) is 0.995. The molecule has 33 heavy (non-hydrogen) atoms. The van der Waals surface area contributed by atoms with Crippen molar-refractivity contribution >= 4 is 28.3 Å². The number of carboxylic acids is 1. The topological polar surface area (TPSA) is 84.7 Å². The number of carbonyl (C=O) groups excluding carboxylic acids is 1. The molecular formula is C24H17F2N3O4. The molecule has 3 aromatic carbocycles. The van der Waals surface area contributed by atoms with Gasteiger partial charge in [0.15, 0.2) is 0 Å². The van der Waals surface area contributed by atoms with E-state index >= 15 is 0 Å². The van der Waals surface area contributed by atoms with Crippen molar-refractivity contribution in [2.75, 3.05) is 12.0 Å². The molecule has 9 heteroatoms. The first kappa shape index (κ1) is 20.6. The van der Waals surface area contributed by atoms with Crippen molar-refractivity contribution in [3.8, 4) is 11.4 Å². The van der Waals surface area contributed by atoms with Crippen LogP contribution in [0.4, 0.5) is 14.5 Å². The van der Waals surface area contributed by atoms with Crippen LogP contribution in [0.2, 0.25) is 0 Å². The molecule has 5 rings (SSSR count). The minimum atomic E-state index is -3.05. The summed E-state index contributed by atoms with van der Waals surface area (Å²) in [6.07, 6.45) is -2.14. The number of aromatic nitrogens is 2. The molecule has 4 aromatic rings. The summed E-state index contributed by atoms with van der Waals surface area (Å²) in [5, 5.41) is 14.3. The molecule has 0 atom stereocenters. The van der Waals surface area contributed by atoms with Crippen molar-refractivity contribution in [3.05, 3.63) is 83.2 Å². The summed E-state index contributed by atoms with van der Waals surface area (Å²) in [7, 11) is 1.58. The second-order valence-corrected chi connectivity index (χ2v) is 7.53. The van der Waals surface area contributed by atoms with E-state index in [1.165, 1.54) is 0 Å². The first-order valence-corrected chi connectivity index (χ1v) is 10.0. The Morgan fingerprint density at radius 2 is 1.82 bits per heavy atom. The Labute approximate surface area is 186 Å². The quantitative estimate of drug-likeness (QED) is 0.456. The number of carboxylic acid groups (broad SMARTS) is 1. The van der Waals surface area contributed by atoms with E-state index in [9.17, 15) is 23.5 Å². The van der Waals surface area contributed by atoms with Crippen molar-refractivity contribution in [2.45, 2.75) is 13.0 Å². The van der Waals surface area contributed by atoms with Crippen LogP contribution in [0.25, 0.3) is 16.5 Å². The van der Waals surface area contributed by atoms with E-state index in [0.717, 1.165) is 16.4 Å². The summed E-state index contributed by atoms with van der Waals surface area (Å²) in [6.45, 7) is 0.319. The Morgan fingerprint density at radius 3 is 2.48 bits per heavy atom. The van der Waals surface area contributed by atoms with E-state index in [2.05, 4.69) is 5.10 Å². The number of rotatable bonds is 6. The van der Waals surface area contributed by atoms with Crippen molar-refractivity contribution in [3.63, 3.8) is 0 Å². The molecule has 0 spiro atoms. The molecule has 0 radical (unpaired) electrons. The second kappa shape index (κ2) is 7.70. The minimum absolute atomic E-state index is 0.204. The number of amides is 1. The third-order valence-corrected chi connectivity index (χ3v) is 5.73. The zero-order valence-electron chi connectivity index (χ0n) is 17.3. The van der Waals surface area contributed by atoms with Crippen LogP contribution in [-0.4, -0.2) is 33.9 Å². The molecule has 7 nitrogen and oxygen atoms in total. The van der Waals surface area contributed by atoms with Gasteiger partial charge in [0.05, 0.1) is 31.2 Å². The molecule has 0 saturated carbocycles. The number of hydrogen-bond donors (Lipinski definition) is 1. The number of aromatic carboxylic acids is 1. The van der Waals surface area contributed by atoms with Gasteiger partial charge >= 0.3 is 5.97 Å². The molecule has 0 unspecified atom stereocenters. The van der Waals surface area contributed by atoms with E-state index in [-0.39, 0.29) is 11.6 Å². The van der Waals surface area contributed by atoms with Crippen molar-refractivity contribution in [2.24, 2.45) is 0 Å². The monoisotopic (exact) mass is 449 g/mol. The number of hydrogen-bond acceptors (Lipinski definition) is 4. The molecular weight excluding hydrogens is 432 g/mol. The zero-order valence-corrected chi connectivity index (χ0v) is 17.3. The summed E-state index contributed by atoms with van der Waals surface area (Å²) in [4.78, 5) is 26.2. The van der Waals surface area contributed by atoms with E-state index < -0.39 is 23.7 Å². The number of nitrogens with zero attached hydrogens (tertiary/aromatic N) is 3. The van der Waals surface area contributed by atoms with Crippen molar-refractivity contribution in [1.82, 2.24) is 9.78 Å². The molecule has 2 heterocycles. The van der Waals surface area contributed by atoms with Crippen LogP contribution in [-0.2, 0) is 6.54 Å². The van der Waals surface area contributed by atoms with Crippen LogP contribution in [0, 0.1) is 0 Å². The highest BCUT2D eigenvalue weighted by atomic mass is 19.3. The van der Waals surface area contributed by atoms with Crippen molar-refractivity contribution < 1.29 is 28.2 Å². The van der Waals surface area contributed by atoms with Crippen molar-refractivity contribution in [1.29, 1.82) is 0 Å². The zero-order chi connectivity index (χ0) is 23.3. The standard InChI is InChI=1S/C24H17F2N3O4/c1-33-14-7-5-13(6-8-14)12-28-19-10-9-18(15-3-2-4-16(20(15)19)23(28)30)29-21(22(25)26)17(11-27-29)24(31)32/h2-11,22H,12H2,1H3,(H,31,32). The highest BCUT2D eigenvalue weighted by molar-refractivity contribution is 6.26. The fourth-order valence-electron chi connectivity index (χ4n) is 4.21. The first-order valence-electron chi connectivity index (χ1n) is 10.0. The van der Waals surface area contributed by atoms with Gasteiger partial charge in [0.1, 0.15) is 17.0 Å². The predicted octanol–water partition coefficient (Wildman–Crippen LogP) is 4.83. The van der Waals surface area contributed by atoms with E-state index in [1.54, 1.807) is 42.3 Å². The fraction of sp³-hybridized carbons (Fsp3) is 0.125. The van der Waals surface area contributed by atoms with Gasteiger partial charge in [-0.2, -0.15) is 5.10 Å². The van der Waals surface area contributed by atoms with Crippen LogP contribution in [0.15, 0.2) is 60.8 Å². The van der Waals surface area contributed by atoms with Gasteiger partial charge in [0.25, 0.3) is 12.3 Å². The Bertz CT molecular complexity index is 1410. The molecule has 0 bridgehead atoms. The number of halogens is 2. The summed E-state index contributed by atoms with van der Waals surface area (Å²) < 4.78 is 33.6. The Kier molecular flexibility index (Phi) is 4.81. The van der Waals surface area contributed by atoms with Crippen LogP contribution in [0.3, 0.4) is 0 Å². The largest absolute Gasteiger partial charge is 0.497 e. The number of benzene rings is 3. The molecule has 0 aliphatic carbocycles. The smallest absolute Gasteiger partial charge is 0.339 e. The summed E-state index contributed by atoms with van der Waals surface area (Å²) in [6, 6.07) is 15.7. The lowest BCUT2D eigenvalue weighted by Crippen LogP contribution is -2.26. The number of ether oxygens (including phenoxy) is 1. The molecule has 1 aromatic heterocycles. The van der Waals surface area contributed by atoms with Crippen LogP contribution in [0.1, 0.15) is 38.4 Å². The average molecular weight is 449 g/mol.